The minimum absolute atomic E-state index is 0.0449. The van der Waals surface area contributed by atoms with Gasteiger partial charge in [0.2, 0.25) is 5.91 Å². The van der Waals surface area contributed by atoms with E-state index in [-0.39, 0.29) is 11.3 Å². The van der Waals surface area contributed by atoms with E-state index in [0.717, 1.165) is 57.2 Å². The number of anilines is 3. The van der Waals surface area contributed by atoms with Gasteiger partial charge < -0.3 is 24.6 Å². The molecule has 4 rings (SSSR count). The largest absolute Gasteiger partial charge is 0.378 e. The second kappa shape index (κ2) is 10.6. The van der Waals surface area contributed by atoms with E-state index in [9.17, 15) is 4.79 Å². The highest BCUT2D eigenvalue weighted by molar-refractivity contribution is 5.95. The normalized spacial score (nSPS) is 17.2. The predicted molar refractivity (Wildman–Crippen MR) is 135 cm³/mol. The molecular formula is C27H37N3O3. The van der Waals surface area contributed by atoms with Crippen LogP contribution in [0.5, 0.6) is 0 Å². The molecule has 0 saturated carbocycles. The first-order valence-electron chi connectivity index (χ1n) is 12.1. The Morgan fingerprint density at radius 2 is 1.48 bits per heavy atom. The smallest absolute Gasteiger partial charge is 0.224 e. The molecule has 2 fully saturated rings. The summed E-state index contributed by atoms with van der Waals surface area (Å²) in [5.41, 5.74) is 5.77. The summed E-state index contributed by atoms with van der Waals surface area (Å²) in [6.07, 6.45) is 1.19. The molecule has 2 aliphatic heterocycles. The van der Waals surface area contributed by atoms with Crippen LogP contribution >= 0.6 is 0 Å². The van der Waals surface area contributed by atoms with E-state index in [1.54, 1.807) is 0 Å². The van der Waals surface area contributed by atoms with Crippen molar-refractivity contribution in [2.24, 2.45) is 0 Å². The summed E-state index contributed by atoms with van der Waals surface area (Å²) in [6.45, 7) is 13.0. The van der Waals surface area contributed by atoms with E-state index in [0.29, 0.717) is 19.6 Å². The average Bonchev–Trinajstić information content (AvgIpc) is 2.84. The summed E-state index contributed by atoms with van der Waals surface area (Å²) < 4.78 is 11.1. The second-order valence-corrected chi connectivity index (χ2v) is 9.90. The Hall–Kier alpha value is -2.57. The SMILES string of the molecule is CC(C)(C)c1ccc(CCC(=O)Nc2ccc(N3CCOCC3)cc2N2CCOCC2)cc1. The average molecular weight is 452 g/mol. The number of carbonyl (C=O) groups is 1. The fourth-order valence-electron chi connectivity index (χ4n) is 4.35. The monoisotopic (exact) mass is 451 g/mol. The van der Waals surface area contributed by atoms with Gasteiger partial charge in [0, 0.05) is 38.3 Å². The molecule has 33 heavy (non-hydrogen) atoms. The number of nitrogens with zero attached hydrogens (tertiary/aromatic N) is 2. The predicted octanol–water partition coefficient (Wildman–Crippen LogP) is 4.23. The van der Waals surface area contributed by atoms with Gasteiger partial charge in [0.05, 0.1) is 37.8 Å². The fourth-order valence-corrected chi connectivity index (χ4v) is 4.35. The lowest BCUT2D eigenvalue weighted by molar-refractivity contribution is -0.116. The lowest BCUT2D eigenvalue weighted by Gasteiger charge is -2.33. The van der Waals surface area contributed by atoms with Crippen molar-refractivity contribution in [1.29, 1.82) is 0 Å². The first-order valence-corrected chi connectivity index (χ1v) is 12.1. The van der Waals surface area contributed by atoms with Gasteiger partial charge in [-0.05, 0) is 41.2 Å². The molecule has 2 saturated heterocycles. The van der Waals surface area contributed by atoms with Gasteiger partial charge in [-0.3, -0.25) is 4.79 Å². The summed E-state index contributed by atoms with van der Waals surface area (Å²) in [5.74, 6) is 0.0449. The van der Waals surface area contributed by atoms with Crippen LogP contribution in [0.4, 0.5) is 17.1 Å². The standard InChI is InChI=1S/C27H37N3O3/c1-27(2,3)22-7-4-21(5-8-22)6-11-26(31)28-24-10-9-23(29-12-16-32-17-13-29)20-25(24)30-14-18-33-19-15-30/h4-5,7-10,20H,6,11-19H2,1-3H3,(H,28,31). The van der Waals surface area contributed by atoms with Crippen LogP contribution in [-0.2, 0) is 26.1 Å². The number of rotatable bonds is 6. The third kappa shape index (κ3) is 6.27. The Morgan fingerprint density at radius 1 is 0.879 bits per heavy atom. The van der Waals surface area contributed by atoms with E-state index in [1.165, 1.54) is 16.8 Å². The zero-order valence-corrected chi connectivity index (χ0v) is 20.2. The summed E-state index contributed by atoms with van der Waals surface area (Å²) >= 11 is 0. The molecule has 0 radical (unpaired) electrons. The van der Waals surface area contributed by atoms with Crippen molar-refractivity contribution in [1.82, 2.24) is 0 Å². The Bertz CT molecular complexity index is 925. The maximum absolute atomic E-state index is 12.9. The molecule has 0 unspecified atom stereocenters. The molecular weight excluding hydrogens is 414 g/mol. The van der Waals surface area contributed by atoms with Crippen molar-refractivity contribution in [2.75, 3.05) is 67.7 Å². The Kier molecular flexibility index (Phi) is 7.56. The van der Waals surface area contributed by atoms with Crippen molar-refractivity contribution in [3.05, 3.63) is 53.6 Å². The maximum Gasteiger partial charge on any atom is 0.224 e. The Labute approximate surface area is 197 Å². The van der Waals surface area contributed by atoms with Crippen LogP contribution in [0.25, 0.3) is 0 Å². The molecule has 0 aliphatic carbocycles. The van der Waals surface area contributed by atoms with Crippen molar-refractivity contribution >= 4 is 23.0 Å². The fraction of sp³-hybridized carbons (Fsp3) is 0.519. The van der Waals surface area contributed by atoms with E-state index in [2.05, 4.69) is 72.3 Å². The van der Waals surface area contributed by atoms with E-state index in [1.807, 2.05) is 6.07 Å². The highest BCUT2D eigenvalue weighted by Crippen LogP contribution is 2.32. The summed E-state index contributed by atoms with van der Waals surface area (Å²) in [4.78, 5) is 17.5. The molecule has 2 aromatic rings. The van der Waals surface area contributed by atoms with Crippen LogP contribution in [0.3, 0.4) is 0 Å². The van der Waals surface area contributed by atoms with Gasteiger partial charge in [0.15, 0.2) is 0 Å². The molecule has 0 aromatic heterocycles. The third-order valence-electron chi connectivity index (χ3n) is 6.44. The van der Waals surface area contributed by atoms with Gasteiger partial charge in [-0.25, -0.2) is 0 Å². The highest BCUT2D eigenvalue weighted by atomic mass is 16.5. The van der Waals surface area contributed by atoms with E-state index >= 15 is 0 Å². The van der Waals surface area contributed by atoms with Gasteiger partial charge in [0.1, 0.15) is 0 Å². The number of hydrogen-bond acceptors (Lipinski definition) is 5. The number of hydrogen-bond donors (Lipinski definition) is 1. The van der Waals surface area contributed by atoms with Crippen molar-refractivity contribution in [2.45, 2.75) is 39.0 Å². The van der Waals surface area contributed by atoms with Gasteiger partial charge in [-0.1, -0.05) is 45.0 Å². The number of ether oxygens (including phenoxy) is 2. The number of aryl methyl sites for hydroxylation is 1. The Morgan fingerprint density at radius 3 is 2.09 bits per heavy atom. The number of carbonyl (C=O) groups excluding carboxylic acids is 1. The van der Waals surface area contributed by atoms with Crippen LogP contribution in [0.2, 0.25) is 0 Å². The zero-order chi connectivity index (χ0) is 23.3. The van der Waals surface area contributed by atoms with Crippen LogP contribution < -0.4 is 15.1 Å². The molecule has 0 bridgehead atoms. The molecule has 6 nitrogen and oxygen atoms in total. The molecule has 6 heteroatoms. The molecule has 1 amide bonds. The van der Waals surface area contributed by atoms with Crippen LogP contribution in [0.1, 0.15) is 38.3 Å². The number of benzene rings is 2. The highest BCUT2D eigenvalue weighted by Gasteiger charge is 2.20. The van der Waals surface area contributed by atoms with Crippen LogP contribution in [0.15, 0.2) is 42.5 Å². The lowest BCUT2D eigenvalue weighted by Crippen LogP contribution is -2.38. The molecule has 0 atom stereocenters. The molecule has 2 aromatic carbocycles. The van der Waals surface area contributed by atoms with Gasteiger partial charge in [0.25, 0.3) is 0 Å². The zero-order valence-electron chi connectivity index (χ0n) is 20.2. The molecule has 178 valence electrons. The molecule has 2 aliphatic rings. The number of amides is 1. The molecule has 2 heterocycles. The Balaban J connectivity index is 1.43. The first kappa shape index (κ1) is 23.6. The number of morpholine rings is 2. The number of nitrogens with one attached hydrogen (secondary N) is 1. The molecule has 0 spiro atoms. The minimum Gasteiger partial charge on any atom is -0.378 e. The minimum atomic E-state index is 0.0449. The molecule has 1 N–H and O–H groups in total. The lowest BCUT2D eigenvalue weighted by atomic mass is 9.86. The summed E-state index contributed by atoms with van der Waals surface area (Å²) in [7, 11) is 0. The van der Waals surface area contributed by atoms with Gasteiger partial charge >= 0.3 is 0 Å². The van der Waals surface area contributed by atoms with Crippen molar-refractivity contribution in [3.63, 3.8) is 0 Å². The van der Waals surface area contributed by atoms with Crippen LogP contribution in [-0.4, -0.2) is 58.5 Å². The third-order valence-corrected chi connectivity index (χ3v) is 6.44. The van der Waals surface area contributed by atoms with Gasteiger partial charge in [-0.15, -0.1) is 0 Å². The van der Waals surface area contributed by atoms with Crippen molar-refractivity contribution in [3.8, 4) is 0 Å². The van der Waals surface area contributed by atoms with Gasteiger partial charge in [-0.2, -0.15) is 0 Å². The maximum atomic E-state index is 12.9. The second-order valence-electron chi connectivity index (χ2n) is 9.90. The quantitative estimate of drug-likeness (QED) is 0.712. The first-order chi connectivity index (χ1) is 15.9. The van der Waals surface area contributed by atoms with Crippen molar-refractivity contribution < 1.29 is 14.3 Å². The topological polar surface area (TPSA) is 54.0 Å². The summed E-state index contributed by atoms with van der Waals surface area (Å²) in [6, 6.07) is 15.0. The van der Waals surface area contributed by atoms with Crippen LogP contribution in [0, 0.1) is 0 Å². The van der Waals surface area contributed by atoms with E-state index in [4.69, 9.17) is 9.47 Å². The summed E-state index contributed by atoms with van der Waals surface area (Å²) in [5, 5.41) is 3.18. The van der Waals surface area contributed by atoms with E-state index < -0.39 is 0 Å².